The molecule has 252 valence electrons. The first kappa shape index (κ1) is 34.0. The van der Waals surface area contributed by atoms with E-state index in [0.717, 1.165) is 0 Å². The molecule has 14 heteroatoms. The van der Waals surface area contributed by atoms with Gasteiger partial charge in [0.25, 0.3) is 15.9 Å². The lowest BCUT2D eigenvalue weighted by Gasteiger charge is -2.10. The van der Waals surface area contributed by atoms with Gasteiger partial charge in [-0.3, -0.25) is 9.59 Å². The summed E-state index contributed by atoms with van der Waals surface area (Å²) in [6.07, 6.45) is 7.55. The van der Waals surface area contributed by atoms with E-state index in [4.69, 9.17) is 11.6 Å². The van der Waals surface area contributed by atoms with Gasteiger partial charge in [0.15, 0.2) is 0 Å². The fourth-order valence-corrected chi connectivity index (χ4v) is 6.60. The Morgan fingerprint density at radius 2 is 1.62 bits per heavy atom. The molecule has 0 saturated heterocycles. The molecule has 0 spiro atoms. The molecule has 0 aliphatic rings. The molecule has 0 fully saturated rings. The van der Waals surface area contributed by atoms with Crippen molar-refractivity contribution in [3.05, 3.63) is 132 Å². The molecule has 0 unspecified atom stereocenters. The number of carbonyl (C=O) groups excluding carboxylic acids is 2. The number of benzene rings is 3. The normalized spacial score (nSPS) is 11.6. The number of likely N-dealkylation sites (N-methyl/N-ethyl adjacent to an activating group) is 1. The zero-order chi connectivity index (χ0) is 35.3. The predicted octanol–water partition coefficient (Wildman–Crippen LogP) is 6.44. The van der Waals surface area contributed by atoms with Crippen molar-refractivity contribution >= 4 is 67.4 Å². The Kier molecular flexibility index (Phi) is 9.99. The molecule has 6 rings (SSSR count). The number of nitrogens with one attached hydrogen (secondary N) is 3. The van der Waals surface area contributed by atoms with Gasteiger partial charge in [0, 0.05) is 41.1 Å². The Hall–Kier alpha value is -5.89. The van der Waals surface area contributed by atoms with E-state index in [1.165, 1.54) is 34.7 Å². The Balaban J connectivity index is 1.19. The number of amides is 2. The van der Waals surface area contributed by atoms with E-state index >= 15 is 0 Å². The molecule has 0 radical (unpaired) electrons. The molecule has 0 atom stereocenters. The van der Waals surface area contributed by atoms with Crippen LogP contribution in [-0.4, -0.2) is 64.7 Å². The summed E-state index contributed by atoms with van der Waals surface area (Å²) in [6.45, 7) is 0.630. The summed E-state index contributed by atoms with van der Waals surface area (Å²) in [7, 11) is -0.111. The second kappa shape index (κ2) is 14.7. The zero-order valence-electron chi connectivity index (χ0n) is 26.9. The quantitative estimate of drug-likeness (QED) is 0.129. The number of hydrogen-bond acceptors (Lipinski definition) is 9. The summed E-state index contributed by atoms with van der Waals surface area (Å²) >= 11 is 6.59. The number of fused-ring (bicyclic) bond motifs is 1. The van der Waals surface area contributed by atoms with Crippen LogP contribution in [0, 0.1) is 0 Å². The van der Waals surface area contributed by atoms with Crippen molar-refractivity contribution in [1.82, 2.24) is 23.8 Å². The summed E-state index contributed by atoms with van der Waals surface area (Å²) < 4.78 is 28.5. The maximum atomic E-state index is 13.6. The van der Waals surface area contributed by atoms with Gasteiger partial charge >= 0.3 is 0 Å². The molecule has 6 aromatic rings. The number of halogens is 1. The van der Waals surface area contributed by atoms with Crippen molar-refractivity contribution < 1.29 is 18.0 Å². The number of anilines is 4. The second-order valence-corrected chi connectivity index (χ2v) is 13.5. The standard InChI is InChI=1S/C36H31ClN8O4S/c1-44(2)19-9-16-33(46)40-26-17-18-31(38-21-26)35(47)41-24-10-8-11-25(20-24)42-36-39-22-30(37)34(43-36)29-23-45(32-15-7-6-14-28(29)32)50(48,49)27-12-4-3-5-13-27/h3-18,20-23H,19H2,1-2H3,(H,40,46)(H,41,47)(H,39,42,43). The lowest BCUT2D eigenvalue weighted by atomic mass is 10.1. The third-order valence-electron chi connectivity index (χ3n) is 7.36. The van der Waals surface area contributed by atoms with Gasteiger partial charge in [0.1, 0.15) is 5.69 Å². The van der Waals surface area contributed by atoms with Crippen LogP contribution in [0.1, 0.15) is 10.5 Å². The molecule has 3 aromatic heterocycles. The van der Waals surface area contributed by atoms with Gasteiger partial charge in [-0.2, -0.15) is 0 Å². The van der Waals surface area contributed by atoms with Gasteiger partial charge in [-0.25, -0.2) is 27.3 Å². The van der Waals surface area contributed by atoms with E-state index in [-0.39, 0.29) is 27.5 Å². The number of aromatic nitrogens is 4. The van der Waals surface area contributed by atoms with Gasteiger partial charge in [0.2, 0.25) is 11.9 Å². The predicted molar refractivity (Wildman–Crippen MR) is 195 cm³/mol. The summed E-state index contributed by atoms with van der Waals surface area (Å²) in [5, 5.41) is 9.53. The number of pyridine rings is 1. The SMILES string of the molecule is CN(C)CC=CC(=O)Nc1ccc(C(=O)Nc2cccc(Nc3ncc(Cl)c(-c4cn(S(=O)(=O)c5ccccc5)c5ccccc45)n3)c2)nc1. The Morgan fingerprint density at radius 3 is 2.38 bits per heavy atom. The average Bonchev–Trinajstić information content (AvgIpc) is 3.50. The summed E-state index contributed by atoms with van der Waals surface area (Å²) in [4.78, 5) is 40.3. The van der Waals surface area contributed by atoms with E-state index in [1.54, 1.807) is 78.9 Å². The van der Waals surface area contributed by atoms with Gasteiger partial charge in [-0.1, -0.05) is 60.1 Å². The molecule has 0 aliphatic carbocycles. The molecule has 2 amide bonds. The molecular formula is C36H31ClN8O4S. The molecule has 0 saturated carbocycles. The summed E-state index contributed by atoms with van der Waals surface area (Å²) in [6, 6.07) is 25.3. The highest BCUT2D eigenvalue weighted by atomic mass is 35.5. The van der Waals surface area contributed by atoms with Crippen molar-refractivity contribution in [2.45, 2.75) is 4.90 Å². The summed E-state index contributed by atoms with van der Waals surface area (Å²) in [5.41, 5.74) is 2.98. The van der Waals surface area contributed by atoms with E-state index in [1.807, 2.05) is 31.1 Å². The van der Waals surface area contributed by atoms with Crippen LogP contribution in [0.25, 0.3) is 22.2 Å². The highest BCUT2D eigenvalue weighted by Gasteiger charge is 2.23. The van der Waals surface area contributed by atoms with Crippen LogP contribution in [0.5, 0.6) is 0 Å². The zero-order valence-corrected chi connectivity index (χ0v) is 28.5. The highest BCUT2D eigenvalue weighted by molar-refractivity contribution is 7.90. The van der Waals surface area contributed by atoms with Gasteiger partial charge < -0.3 is 20.9 Å². The lowest BCUT2D eigenvalue weighted by molar-refractivity contribution is -0.111. The van der Waals surface area contributed by atoms with Crippen molar-refractivity contribution in [2.75, 3.05) is 36.6 Å². The highest BCUT2D eigenvalue weighted by Crippen LogP contribution is 2.36. The molecule has 0 bridgehead atoms. The number of nitrogens with zero attached hydrogens (tertiary/aromatic N) is 5. The lowest BCUT2D eigenvalue weighted by Crippen LogP contribution is -2.15. The molecule has 0 aliphatic heterocycles. The fraction of sp³-hybridized carbons (Fsp3) is 0.0833. The van der Waals surface area contributed by atoms with Crippen molar-refractivity contribution in [1.29, 1.82) is 0 Å². The van der Waals surface area contributed by atoms with Crippen LogP contribution in [0.4, 0.5) is 23.0 Å². The maximum Gasteiger partial charge on any atom is 0.274 e. The van der Waals surface area contributed by atoms with Crippen LogP contribution in [0.15, 0.2) is 127 Å². The Morgan fingerprint density at radius 1 is 0.860 bits per heavy atom. The van der Waals surface area contributed by atoms with Crippen LogP contribution < -0.4 is 16.0 Å². The van der Waals surface area contributed by atoms with E-state index in [0.29, 0.717) is 45.8 Å². The van der Waals surface area contributed by atoms with Gasteiger partial charge in [0.05, 0.1) is 39.2 Å². The minimum absolute atomic E-state index is 0.149. The average molecular weight is 707 g/mol. The molecular weight excluding hydrogens is 676 g/mol. The monoisotopic (exact) mass is 706 g/mol. The van der Waals surface area contributed by atoms with Crippen molar-refractivity contribution in [2.24, 2.45) is 0 Å². The third kappa shape index (κ3) is 7.70. The van der Waals surface area contributed by atoms with Gasteiger partial charge in [-0.05, 0) is 62.6 Å². The smallest absolute Gasteiger partial charge is 0.274 e. The van der Waals surface area contributed by atoms with Gasteiger partial charge in [-0.15, -0.1) is 0 Å². The number of carbonyl (C=O) groups is 2. The topological polar surface area (TPSA) is 151 Å². The Labute approximate surface area is 293 Å². The van der Waals surface area contributed by atoms with Crippen LogP contribution in [0.2, 0.25) is 5.02 Å². The van der Waals surface area contributed by atoms with E-state index in [2.05, 4.69) is 30.9 Å². The Bertz CT molecular complexity index is 2330. The third-order valence-corrected chi connectivity index (χ3v) is 9.32. The van der Waals surface area contributed by atoms with E-state index < -0.39 is 15.9 Å². The number of rotatable bonds is 11. The van der Waals surface area contributed by atoms with Crippen molar-refractivity contribution in [3.63, 3.8) is 0 Å². The summed E-state index contributed by atoms with van der Waals surface area (Å²) in [5.74, 6) is -0.543. The molecule has 3 N–H and O–H groups in total. The first-order chi connectivity index (χ1) is 24.1. The van der Waals surface area contributed by atoms with Crippen LogP contribution in [0.3, 0.4) is 0 Å². The molecule has 50 heavy (non-hydrogen) atoms. The maximum absolute atomic E-state index is 13.6. The van der Waals surface area contributed by atoms with E-state index in [9.17, 15) is 18.0 Å². The molecule has 12 nitrogen and oxygen atoms in total. The molecule has 3 heterocycles. The first-order valence-electron chi connectivity index (χ1n) is 15.3. The van der Waals surface area contributed by atoms with Crippen LogP contribution >= 0.6 is 11.6 Å². The van der Waals surface area contributed by atoms with Crippen molar-refractivity contribution in [3.8, 4) is 11.3 Å². The largest absolute Gasteiger partial charge is 0.324 e. The fourth-order valence-electron chi connectivity index (χ4n) is 5.02. The number of para-hydroxylation sites is 1. The minimum Gasteiger partial charge on any atom is -0.324 e. The first-order valence-corrected chi connectivity index (χ1v) is 17.1. The molecule has 3 aromatic carbocycles. The number of hydrogen-bond donors (Lipinski definition) is 3. The second-order valence-electron chi connectivity index (χ2n) is 11.3. The van der Waals surface area contributed by atoms with Crippen LogP contribution in [-0.2, 0) is 14.8 Å². The minimum atomic E-state index is -3.92.